The highest BCUT2D eigenvalue weighted by atomic mass is 32.1. The van der Waals surface area contributed by atoms with Crippen molar-refractivity contribution in [3.8, 4) is 0 Å². The first-order chi connectivity index (χ1) is 9.67. The fourth-order valence-electron chi connectivity index (χ4n) is 2.53. The summed E-state index contributed by atoms with van der Waals surface area (Å²) in [6.45, 7) is 6.79. The summed E-state index contributed by atoms with van der Waals surface area (Å²) in [5.74, 6) is 1.80. The van der Waals surface area contributed by atoms with Crippen LogP contribution in [0.25, 0.3) is 10.2 Å². The summed E-state index contributed by atoms with van der Waals surface area (Å²) in [4.78, 5) is 12.8. The smallest absolute Gasteiger partial charge is 0.146 e. The fourth-order valence-corrected chi connectivity index (χ4v) is 3.32. The lowest BCUT2D eigenvalue weighted by Gasteiger charge is -2.36. The van der Waals surface area contributed by atoms with Crippen LogP contribution in [-0.4, -0.2) is 47.2 Å². The Bertz CT molecular complexity index is 600. The number of nitrogens with zero attached hydrogens (tertiary/aromatic N) is 3. The van der Waals surface area contributed by atoms with E-state index in [2.05, 4.69) is 45.5 Å². The van der Waals surface area contributed by atoms with Gasteiger partial charge in [0, 0.05) is 19.6 Å². The summed E-state index contributed by atoms with van der Waals surface area (Å²) in [5.41, 5.74) is 0. The van der Waals surface area contributed by atoms with Gasteiger partial charge in [0.05, 0.1) is 24.6 Å². The minimum atomic E-state index is 0.278. The molecule has 1 N–H and O–H groups in total. The van der Waals surface area contributed by atoms with Gasteiger partial charge in [0.2, 0.25) is 0 Å². The van der Waals surface area contributed by atoms with Gasteiger partial charge in [-0.05, 0) is 25.3 Å². The van der Waals surface area contributed by atoms with Crippen LogP contribution in [0.5, 0.6) is 0 Å². The second-order valence-corrected chi connectivity index (χ2v) is 6.19. The van der Waals surface area contributed by atoms with E-state index < -0.39 is 0 Å². The highest BCUT2D eigenvalue weighted by molar-refractivity contribution is 7.16. The number of rotatable bonds is 3. The van der Waals surface area contributed by atoms with E-state index in [1.165, 1.54) is 0 Å². The van der Waals surface area contributed by atoms with Gasteiger partial charge in [0.25, 0.3) is 0 Å². The molecule has 0 saturated carbocycles. The maximum absolute atomic E-state index is 5.67. The van der Waals surface area contributed by atoms with Crippen LogP contribution >= 0.6 is 11.3 Å². The van der Waals surface area contributed by atoms with Crippen molar-refractivity contribution in [3.05, 3.63) is 17.3 Å². The molecule has 3 rings (SSSR count). The molecule has 2 aromatic rings. The molecule has 0 spiro atoms. The Hall–Kier alpha value is -1.24. The Kier molecular flexibility index (Phi) is 3.87. The number of hydrogen-bond acceptors (Lipinski definition) is 6. The SMILES string of the molecule is CNc1nc(CN2CC(C)OCC2C)nc2sccc12. The lowest BCUT2D eigenvalue weighted by atomic mass is 10.2. The van der Waals surface area contributed by atoms with Gasteiger partial charge in [-0.15, -0.1) is 11.3 Å². The number of morpholine rings is 1. The van der Waals surface area contributed by atoms with Gasteiger partial charge >= 0.3 is 0 Å². The molecular formula is C14H20N4OS. The number of nitrogens with one attached hydrogen (secondary N) is 1. The van der Waals surface area contributed by atoms with Gasteiger partial charge in [0.1, 0.15) is 16.5 Å². The highest BCUT2D eigenvalue weighted by Crippen LogP contribution is 2.25. The van der Waals surface area contributed by atoms with Crippen molar-refractivity contribution >= 4 is 27.4 Å². The fraction of sp³-hybridized carbons (Fsp3) is 0.571. The Morgan fingerprint density at radius 3 is 3.10 bits per heavy atom. The number of fused-ring (bicyclic) bond motifs is 1. The van der Waals surface area contributed by atoms with Crippen molar-refractivity contribution in [3.63, 3.8) is 0 Å². The van der Waals surface area contributed by atoms with Crippen molar-refractivity contribution in [1.82, 2.24) is 14.9 Å². The summed E-state index contributed by atoms with van der Waals surface area (Å²) in [6.07, 6.45) is 0.278. The van der Waals surface area contributed by atoms with Gasteiger partial charge in [0.15, 0.2) is 0 Å². The molecule has 6 heteroatoms. The third-order valence-corrected chi connectivity index (χ3v) is 4.50. The monoisotopic (exact) mass is 292 g/mol. The third-order valence-electron chi connectivity index (χ3n) is 3.69. The molecule has 0 radical (unpaired) electrons. The predicted octanol–water partition coefficient (Wildman–Crippen LogP) is 2.34. The second kappa shape index (κ2) is 5.63. The molecule has 0 aromatic carbocycles. The molecule has 1 aliphatic heterocycles. The molecule has 108 valence electrons. The Morgan fingerprint density at radius 1 is 1.45 bits per heavy atom. The standard InChI is InChI=1S/C14H20N4OS/c1-9-8-19-10(2)6-18(9)7-12-16-13(15-3)11-4-5-20-14(11)17-12/h4-5,9-10H,6-8H2,1-3H3,(H,15,16,17). The quantitative estimate of drug-likeness (QED) is 0.941. The van der Waals surface area contributed by atoms with Gasteiger partial charge in [-0.25, -0.2) is 9.97 Å². The van der Waals surface area contributed by atoms with Crippen LogP contribution in [0.1, 0.15) is 19.7 Å². The number of hydrogen-bond donors (Lipinski definition) is 1. The van der Waals surface area contributed by atoms with E-state index in [9.17, 15) is 0 Å². The summed E-state index contributed by atoms with van der Waals surface area (Å²) in [5, 5.41) is 6.33. The molecule has 0 bridgehead atoms. The van der Waals surface area contributed by atoms with Crippen LogP contribution in [0.4, 0.5) is 5.82 Å². The molecule has 20 heavy (non-hydrogen) atoms. The third kappa shape index (κ3) is 2.63. The number of ether oxygens (including phenoxy) is 1. The van der Waals surface area contributed by atoms with Crippen molar-refractivity contribution in [1.29, 1.82) is 0 Å². The number of thiophene rings is 1. The largest absolute Gasteiger partial charge is 0.376 e. The molecule has 2 atom stereocenters. The van der Waals surface area contributed by atoms with E-state index in [1.54, 1.807) is 11.3 Å². The van der Waals surface area contributed by atoms with Crippen molar-refractivity contribution in [2.24, 2.45) is 0 Å². The zero-order chi connectivity index (χ0) is 14.1. The maximum Gasteiger partial charge on any atom is 0.146 e. The first-order valence-corrected chi connectivity index (χ1v) is 7.83. The predicted molar refractivity (Wildman–Crippen MR) is 82.2 cm³/mol. The van der Waals surface area contributed by atoms with Gasteiger partial charge in [-0.3, -0.25) is 4.90 Å². The maximum atomic E-state index is 5.67. The van der Waals surface area contributed by atoms with Crippen LogP contribution in [0.2, 0.25) is 0 Å². The minimum Gasteiger partial charge on any atom is -0.376 e. The van der Waals surface area contributed by atoms with Crippen molar-refractivity contribution in [2.75, 3.05) is 25.5 Å². The summed E-state index contributed by atoms with van der Waals surface area (Å²) in [7, 11) is 1.91. The Morgan fingerprint density at radius 2 is 2.30 bits per heavy atom. The molecule has 2 unspecified atom stereocenters. The molecule has 0 aliphatic carbocycles. The molecule has 5 nitrogen and oxygen atoms in total. The summed E-state index contributed by atoms with van der Waals surface area (Å²) < 4.78 is 5.67. The Balaban J connectivity index is 1.86. The van der Waals surface area contributed by atoms with E-state index in [1.807, 2.05) is 7.05 Å². The van der Waals surface area contributed by atoms with Crippen molar-refractivity contribution in [2.45, 2.75) is 32.5 Å². The summed E-state index contributed by atoms with van der Waals surface area (Å²) >= 11 is 1.66. The summed E-state index contributed by atoms with van der Waals surface area (Å²) in [6, 6.07) is 2.47. The highest BCUT2D eigenvalue weighted by Gasteiger charge is 2.24. The zero-order valence-electron chi connectivity index (χ0n) is 12.1. The average molecular weight is 292 g/mol. The van der Waals surface area contributed by atoms with E-state index in [-0.39, 0.29) is 6.10 Å². The number of aromatic nitrogens is 2. The molecule has 3 heterocycles. The lowest BCUT2D eigenvalue weighted by Crippen LogP contribution is -2.46. The van der Waals surface area contributed by atoms with Crippen LogP contribution in [0, 0.1) is 0 Å². The first kappa shape index (κ1) is 13.7. The van der Waals surface area contributed by atoms with Crippen molar-refractivity contribution < 1.29 is 4.74 Å². The van der Waals surface area contributed by atoms with Gasteiger partial charge < -0.3 is 10.1 Å². The van der Waals surface area contributed by atoms with Gasteiger partial charge in [-0.2, -0.15) is 0 Å². The number of anilines is 1. The van der Waals surface area contributed by atoms with E-state index in [0.717, 1.165) is 41.6 Å². The van der Waals surface area contributed by atoms with Crippen LogP contribution in [0.15, 0.2) is 11.4 Å². The van der Waals surface area contributed by atoms with E-state index >= 15 is 0 Å². The first-order valence-electron chi connectivity index (χ1n) is 6.95. The van der Waals surface area contributed by atoms with Gasteiger partial charge in [-0.1, -0.05) is 0 Å². The van der Waals surface area contributed by atoms with E-state index in [0.29, 0.717) is 6.04 Å². The lowest BCUT2D eigenvalue weighted by molar-refractivity contribution is -0.0534. The average Bonchev–Trinajstić information content (AvgIpc) is 2.90. The molecule has 1 saturated heterocycles. The minimum absolute atomic E-state index is 0.278. The molecule has 1 aliphatic rings. The zero-order valence-corrected chi connectivity index (χ0v) is 12.9. The Labute approximate surface area is 123 Å². The topological polar surface area (TPSA) is 50.3 Å². The molecule has 2 aromatic heterocycles. The van der Waals surface area contributed by atoms with Crippen LogP contribution in [0.3, 0.4) is 0 Å². The molecule has 0 amide bonds. The molecule has 1 fully saturated rings. The molecular weight excluding hydrogens is 272 g/mol. The van der Waals surface area contributed by atoms with Crippen LogP contribution < -0.4 is 5.32 Å². The second-order valence-electron chi connectivity index (χ2n) is 5.30. The normalized spacial score (nSPS) is 24.1. The van der Waals surface area contributed by atoms with E-state index in [4.69, 9.17) is 4.74 Å². The van der Waals surface area contributed by atoms with Crippen LogP contribution in [-0.2, 0) is 11.3 Å².